The Morgan fingerprint density at radius 1 is 1.42 bits per heavy atom. The van der Waals surface area contributed by atoms with Gasteiger partial charge in [-0.15, -0.1) is 0 Å². The number of amides is 1. The maximum absolute atomic E-state index is 12.4. The van der Waals surface area contributed by atoms with E-state index in [1.54, 1.807) is 6.92 Å². The molecule has 0 bridgehead atoms. The van der Waals surface area contributed by atoms with Gasteiger partial charge in [-0.05, 0) is 24.6 Å². The van der Waals surface area contributed by atoms with Crippen LogP contribution in [0.15, 0.2) is 24.3 Å². The summed E-state index contributed by atoms with van der Waals surface area (Å²) in [5, 5.41) is 8.72. The van der Waals surface area contributed by atoms with E-state index >= 15 is 0 Å². The van der Waals surface area contributed by atoms with E-state index in [2.05, 4.69) is 0 Å². The molecule has 1 rings (SSSR count). The molecule has 102 valence electrons. The summed E-state index contributed by atoms with van der Waals surface area (Å²) < 4.78 is 37.2. The first-order valence-electron chi connectivity index (χ1n) is 5.73. The smallest absolute Gasteiger partial charge is 0.330 e. The van der Waals surface area contributed by atoms with Gasteiger partial charge in [-0.3, -0.25) is 4.79 Å². The zero-order valence-corrected chi connectivity index (χ0v) is 10.4. The Labute approximate surface area is 109 Å². The predicted octanol–water partition coefficient (Wildman–Crippen LogP) is 2.97. The molecule has 1 aromatic carbocycles. The molecule has 19 heavy (non-hydrogen) atoms. The van der Waals surface area contributed by atoms with Crippen molar-refractivity contribution < 1.29 is 18.0 Å². The molecule has 0 aromatic heterocycles. The van der Waals surface area contributed by atoms with Crippen LogP contribution in [0.2, 0.25) is 0 Å². The summed E-state index contributed by atoms with van der Waals surface area (Å²) in [5.41, 5.74) is 0.339. The first-order valence-corrected chi connectivity index (χ1v) is 5.73. The lowest BCUT2D eigenvalue weighted by Crippen LogP contribution is -2.39. The minimum atomic E-state index is -4.43. The van der Waals surface area contributed by atoms with E-state index in [1.807, 2.05) is 6.07 Å². The van der Waals surface area contributed by atoms with Crippen LogP contribution < -0.4 is 0 Å². The third kappa shape index (κ3) is 4.62. The highest BCUT2D eigenvalue weighted by Crippen LogP contribution is 2.18. The summed E-state index contributed by atoms with van der Waals surface area (Å²) in [6.45, 7) is 0.438. The molecule has 0 aliphatic carbocycles. The minimum Gasteiger partial charge on any atom is -0.330 e. The van der Waals surface area contributed by atoms with Crippen molar-refractivity contribution in [2.24, 2.45) is 0 Å². The van der Waals surface area contributed by atoms with Gasteiger partial charge in [-0.2, -0.15) is 18.4 Å². The second kappa shape index (κ2) is 6.23. The van der Waals surface area contributed by atoms with Crippen LogP contribution in [-0.4, -0.2) is 30.1 Å². The van der Waals surface area contributed by atoms with Crippen LogP contribution in [0.25, 0.3) is 0 Å². The molecular weight excluding hydrogens is 257 g/mol. The standard InChI is InChI=1S/C13H13F3N2O/c1-2-6-18(9-13(14,15)16)12(19)11-5-3-4-10(7-11)8-17/h3-5,7H,2,6,9H2,1H3. The van der Waals surface area contributed by atoms with Gasteiger partial charge in [0.2, 0.25) is 0 Å². The molecule has 0 spiro atoms. The van der Waals surface area contributed by atoms with Gasteiger partial charge in [0, 0.05) is 12.1 Å². The zero-order chi connectivity index (χ0) is 14.5. The summed E-state index contributed by atoms with van der Waals surface area (Å²) in [6, 6.07) is 7.51. The van der Waals surface area contributed by atoms with Crippen LogP contribution in [-0.2, 0) is 0 Å². The van der Waals surface area contributed by atoms with Crippen LogP contribution in [0.1, 0.15) is 29.3 Å². The number of rotatable bonds is 4. The molecule has 0 fully saturated rings. The second-order valence-electron chi connectivity index (χ2n) is 4.03. The highest BCUT2D eigenvalue weighted by atomic mass is 19.4. The molecule has 0 saturated heterocycles. The fourth-order valence-corrected chi connectivity index (χ4v) is 1.64. The van der Waals surface area contributed by atoms with Gasteiger partial charge in [0.1, 0.15) is 6.54 Å². The van der Waals surface area contributed by atoms with Crippen molar-refractivity contribution in [3.8, 4) is 6.07 Å². The third-order valence-corrected chi connectivity index (χ3v) is 2.39. The van der Waals surface area contributed by atoms with E-state index in [9.17, 15) is 18.0 Å². The normalized spacial score (nSPS) is 10.9. The Kier molecular flexibility index (Phi) is 4.93. The van der Waals surface area contributed by atoms with Gasteiger partial charge >= 0.3 is 6.18 Å². The van der Waals surface area contributed by atoms with E-state index < -0.39 is 18.6 Å². The number of alkyl halides is 3. The molecule has 0 unspecified atom stereocenters. The van der Waals surface area contributed by atoms with Gasteiger partial charge in [-0.1, -0.05) is 13.0 Å². The summed E-state index contributed by atoms with van der Waals surface area (Å²) in [6.07, 6.45) is -4.00. The Morgan fingerprint density at radius 3 is 2.63 bits per heavy atom. The van der Waals surface area contributed by atoms with E-state index in [1.165, 1.54) is 24.3 Å². The summed E-state index contributed by atoms with van der Waals surface area (Å²) in [7, 11) is 0. The van der Waals surface area contributed by atoms with Crippen LogP contribution in [0.4, 0.5) is 13.2 Å². The highest BCUT2D eigenvalue weighted by molar-refractivity contribution is 5.94. The number of nitriles is 1. The van der Waals surface area contributed by atoms with E-state index in [0.29, 0.717) is 6.42 Å². The molecule has 0 radical (unpaired) electrons. The second-order valence-corrected chi connectivity index (χ2v) is 4.03. The largest absolute Gasteiger partial charge is 0.406 e. The maximum atomic E-state index is 12.4. The number of carbonyl (C=O) groups excluding carboxylic acids is 1. The summed E-state index contributed by atoms with van der Waals surface area (Å²) in [5.74, 6) is -0.712. The minimum absolute atomic E-state index is 0.0229. The SMILES string of the molecule is CCCN(CC(F)(F)F)C(=O)c1cccc(C#N)c1. The number of carbonyl (C=O) groups is 1. The van der Waals surface area contributed by atoms with E-state index in [4.69, 9.17) is 5.26 Å². The zero-order valence-electron chi connectivity index (χ0n) is 10.4. The molecule has 0 heterocycles. The topological polar surface area (TPSA) is 44.1 Å². The molecule has 1 aromatic rings. The van der Waals surface area contributed by atoms with E-state index in [-0.39, 0.29) is 17.7 Å². The number of hydrogen-bond acceptors (Lipinski definition) is 2. The lowest BCUT2D eigenvalue weighted by atomic mass is 10.1. The molecule has 0 N–H and O–H groups in total. The van der Waals surface area contributed by atoms with Gasteiger partial charge < -0.3 is 4.90 Å². The van der Waals surface area contributed by atoms with Crippen molar-refractivity contribution >= 4 is 5.91 Å². The molecule has 0 atom stereocenters. The van der Waals surface area contributed by atoms with Gasteiger partial charge in [-0.25, -0.2) is 0 Å². The number of hydrogen-bond donors (Lipinski definition) is 0. The van der Waals surface area contributed by atoms with Crippen molar-refractivity contribution in [1.82, 2.24) is 4.90 Å². The molecule has 3 nitrogen and oxygen atoms in total. The van der Waals surface area contributed by atoms with Gasteiger partial charge in [0.25, 0.3) is 5.91 Å². The summed E-state index contributed by atoms with van der Waals surface area (Å²) in [4.78, 5) is 12.7. The Hall–Kier alpha value is -2.03. The molecular formula is C13H13F3N2O. The van der Waals surface area contributed by atoms with Gasteiger partial charge in [0.05, 0.1) is 11.6 Å². The lowest BCUT2D eigenvalue weighted by molar-refractivity contribution is -0.140. The third-order valence-electron chi connectivity index (χ3n) is 2.39. The van der Waals surface area contributed by atoms with Gasteiger partial charge in [0.15, 0.2) is 0 Å². The predicted molar refractivity (Wildman–Crippen MR) is 63.4 cm³/mol. The van der Waals surface area contributed by atoms with E-state index in [0.717, 1.165) is 4.90 Å². The molecule has 0 aliphatic heterocycles. The number of halogens is 3. The fourth-order valence-electron chi connectivity index (χ4n) is 1.64. The van der Waals surface area contributed by atoms with Crippen LogP contribution in [0.5, 0.6) is 0 Å². The number of benzene rings is 1. The van der Waals surface area contributed by atoms with Crippen LogP contribution in [0.3, 0.4) is 0 Å². The summed E-state index contributed by atoms with van der Waals surface area (Å²) >= 11 is 0. The van der Waals surface area contributed by atoms with Crippen molar-refractivity contribution in [2.75, 3.05) is 13.1 Å². The average molecular weight is 270 g/mol. The van der Waals surface area contributed by atoms with Crippen molar-refractivity contribution in [1.29, 1.82) is 5.26 Å². The van der Waals surface area contributed by atoms with Crippen molar-refractivity contribution in [2.45, 2.75) is 19.5 Å². The average Bonchev–Trinajstić information content (AvgIpc) is 2.36. The Balaban J connectivity index is 2.95. The molecule has 0 aliphatic rings. The number of nitrogens with zero attached hydrogens (tertiary/aromatic N) is 2. The quantitative estimate of drug-likeness (QED) is 0.844. The fraction of sp³-hybridized carbons (Fsp3) is 0.385. The first kappa shape index (κ1) is 15.0. The van der Waals surface area contributed by atoms with Crippen molar-refractivity contribution in [3.63, 3.8) is 0 Å². The maximum Gasteiger partial charge on any atom is 0.406 e. The lowest BCUT2D eigenvalue weighted by Gasteiger charge is -2.23. The van der Waals surface area contributed by atoms with Crippen molar-refractivity contribution in [3.05, 3.63) is 35.4 Å². The molecule has 6 heteroatoms. The monoisotopic (exact) mass is 270 g/mol. The molecule has 1 amide bonds. The molecule has 0 saturated carbocycles. The van der Waals surface area contributed by atoms with Crippen LogP contribution >= 0.6 is 0 Å². The Morgan fingerprint density at radius 2 is 2.11 bits per heavy atom. The first-order chi connectivity index (χ1) is 8.87. The highest BCUT2D eigenvalue weighted by Gasteiger charge is 2.32. The van der Waals surface area contributed by atoms with Crippen LogP contribution in [0, 0.1) is 11.3 Å². The Bertz CT molecular complexity index is 491.